The Balaban J connectivity index is 1.59. The third kappa shape index (κ3) is 3.42. The maximum Gasteiger partial charge on any atom is 0.227 e. The number of aromatic nitrogens is 2. The fraction of sp³-hybridized carbons (Fsp3) is 0.471. The second-order valence-corrected chi connectivity index (χ2v) is 6.03. The lowest BCUT2D eigenvalue weighted by Gasteiger charge is -2.17. The van der Waals surface area contributed by atoms with Gasteiger partial charge in [-0.3, -0.25) is 4.79 Å². The van der Waals surface area contributed by atoms with Crippen LogP contribution < -0.4 is 10.5 Å². The SMILES string of the molecule is COc1ccc(C(=O)CCc2nc(C3(N)CCCC3)no2)cc1. The predicted octanol–water partition coefficient (Wildman–Crippen LogP) is 2.62. The van der Waals surface area contributed by atoms with Crippen LogP contribution in [0.4, 0.5) is 0 Å². The second kappa shape index (κ2) is 6.50. The number of benzene rings is 1. The van der Waals surface area contributed by atoms with Crippen molar-refractivity contribution in [2.24, 2.45) is 5.73 Å². The topological polar surface area (TPSA) is 91.2 Å². The molecule has 1 aromatic carbocycles. The third-order valence-corrected chi connectivity index (χ3v) is 4.39. The van der Waals surface area contributed by atoms with Crippen LogP contribution in [0.15, 0.2) is 28.8 Å². The molecule has 1 aromatic heterocycles. The number of carbonyl (C=O) groups is 1. The average molecular weight is 315 g/mol. The molecule has 3 rings (SSSR count). The minimum atomic E-state index is -0.457. The number of nitrogens with zero attached hydrogens (tertiary/aromatic N) is 2. The Morgan fingerprint density at radius 2 is 2.00 bits per heavy atom. The van der Waals surface area contributed by atoms with Crippen LogP contribution >= 0.6 is 0 Å². The summed E-state index contributed by atoms with van der Waals surface area (Å²) in [6.45, 7) is 0. The van der Waals surface area contributed by atoms with E-state index in [4.69, 9.17) is 15.0 Å². The molecule has 0 unspecified atom stereocenters. The summed E-state index contributed by atoms with van der Waals surface area (Å²) in [5.41, 5.74) is 6.50. The van der Waals surface area contributed by atoms with E-state index in [0.717, 1.165) is 31.4 Å². The highest BCUT2D eigenvalue weighted by molar-refractivity contribution is 5.96. The van der Waals surface area contributed by atoms with Crippen molar-refractivity contribution in [2.75, 3.05) is 7.11 Å². The summed E-state index contributed by atoms with van der Waals surface area (Å²) >= 11 is 0. The van der Waals surface area contributed by atoms with Gasteiger partial charge >= 0.3 is 0 Å². The molecule has 1 aliphatic carbocycles. The molecule has 2 N–H and O–H groups in total. The molecular weight excluding hydrogens is 294 g/mol. The van der Waals surface area contributed by atoms with Gasteiger partial charge in [-0.2, -0.15) is 4.98 Å². The number of carbonyl (C=O) groups excluding carboxylic acids is 1. The number of rotatable bonds is 6. The van der Waals surface area contributed by atoms with Crippen molar-refractivity contribution >= 4 is 5.78 Å². The van der Waals surface area contributed by atoms with Crippen LogP contribution in [0.25, 0.3) is 0 Å². The van der Waals surface area contributed by atoms with Crippen LogP contribution in [0.2, 0.25) is 0 Å². The average Bonchev–Trinajstić information content (AvgIpc) is 3.22. The zero-order valence-electron chi connectivity index (χ0n) is 13.2. The molecule has 0 aliphatic heterocycles. The number of Topliss-reactive ketones (excluding diaryl/α,β-unsaturated/α-hetero) is 1. The molecule has 0 amide bonds. The first-order chi connectivity index (χ1) is 11.1. The first kappa shape index (κ1) is 15.7. The summed E-state index contributed by atoms with van der Waals surface area (Å²) in [4.78, 5) is 16.6. The van der Waals surface area contributed by atoms with Crippen LogP contribution in [0, 0.1) is 0 Å². The maximum absolute atomic E-state index is 12.2. The van der Waals surface area contributed by atoms with E-state index in [1.807, 2.05) is 0 Å². The normalized spacial score (nSPS) is 16.4. The second-order valence-electron chi connectivity index (χ2n) is 6.03. The molecule has 122 valence electrons. The Morgan fingerprint density at radius 1 is 1.30 bits per heavy atom. The number of ether oxygens (including phenoxy) is 1. The zero-order chi connectivity index (χ0) is 16.3. The lowest BCUT2D eigenvalue weighted by atomic mass is 9.99. The van der Waals surface area contributed by atoms with Gasteiger partial charge in [-0.15, -0.1) is 0 Å². The molecule has 1 fully saturated rings. The van der Waals surface area contributed by atoms with Crippen LogP contribution in [-0.4, -0.2) is 23.0 Å². The van der Waals surface area contributed by atoms with E-state index in [2.05, 4.69) is 10.1 Å². The first-order valence-electron chi connectivity index (χ1n) is 7.90. The van der Waals surface area contributed by atoms with E-state index >= 15 is 0 Å². The third-order valence-electron chi connectivity index (χ3n) is 4.39. The van der Waals surface area contributed by atoms with Gasteiger partial charge in [-0.1, -0.05) is 18.0 Å². The van der Waals surface area contributed by atoms with Crippen LogP contribution in [0.5, 0.6) is 5.75 Å². The fourth-order valence-corrected chi connectivity index (χ4v) is 2.93. The Bertz CT molecular complexity index is 673. The van der Waals surface area contributed by atoms with Gasteiger partial charge < -0.3 is 15.0 Å². The van der Waals surface area contributed by atoms with Crippen molar-refractivity contribution in [1.82, 2.24) is 10.1 Å². The van der Waals surface area contributed by atoms with Crippen LogP contribution in [0.3, 0.4) is 0 Å². The summed E-state index contributed by atoms with van der Waals surface area (Å²) in [7, 11) is 1.60. The van der Waals surface area contributed by atoms with Gasteiger partial charge in [0.15, 0.2) is 11.6 Å². The number of hydrogen-bond donors (Lipinski definition) is 1. The molecule has 6 nitrogen and oxygen atoms in total. The van der Waals surface area contributed by atoms with E-state index in [1.165, 1.54) is 0 Å². The Morgan fingerprint density at radius 3 is 2.65 bits per heavy atom. The highest BCUT2D eigenvalue weighted by atomic mass is 16.5. The highest BCUT2D eigenvalue weighted by Gasteiger charge is 2.35. The number of methoxy groups -OCH3 is 1. The lowest BCUT2D eigenvalue weighted by Crippen LogP contribution is -2.34. The zero-order valence-corrected chi connectivity index (χ0v) is 13.2. The molecule has 2 aromatic rings. The van der Waals surface area contributed by atoms with Crippen LogP contribution in [-0.2, 0) is 12.0 Å². The van der Waals surface area contributed by atoms with Gasteiger partial charge in [-0.05, 0) is 37.1 Å². The molecular formula is C17H21N3O3. The molecule has 0 radical (unpaired) electrons. The number of ketones is 1. The molecule has 6 heteroatoms. The van der Waals surface area contributed by atoms with Gasteiger partial charge in [0.05, 0.1) is 12.6 Å². The summed E-state index contributed by atoms with van der Waals surface area (Å²) in [6, 6.07) is 7.06. The Kier molecular flexibility index (Phi) is 4.43. The number of nitrogens with two attached hydrogens (primary N) is 1. The monoisotopic (exact) mass is 315 g/mol. The fourth-order valence-electron chi connectivity index (χ4n) is 2.93. The van der Waals surface area contributed by atoms with E-state index in [9.17, 15) is 4.79 Å². The molecule has 0 atom stereocenters. The number of aryl methyl sites for hydroxylation is 1. The minimum Gasteiger partial charge on any atom is -0.497 e. The maximum atomic E-state index is 12.2. The lowest BCUT2D eigenvalue weighted by molar-refractivity contribution is 0.0979. The van der Waals surface area contributed by atoms with Gasteiger partial charge in [0.25, 0.3) is 0 Å². The quantitative estimate of drug-likeness (QED) is 0.824. The van der Waals surface area contributed by atoms with E-state index in [0.29, 0.717) is 30.1 Å². The molecule has 1 saturated carbocycles. The van der Waals surface area contributed by atoms with Gasteiger partial charge in [0, 0.05) is 18.4 Å². The van der Waals surface area contributed by atoms with Crippen molar-refractivity contribution in [3.63, 3.8) is 0 Å². The minimum absolute atomic E-state index is 0.0377. The summed E-state index contributed by atoms with van der Waals surface area (Å²) < 4.78 is 10.3. The summed E-state index contributed by atoms with van der Waals surface area (Å²) in [6.07, 6.45) is 4.71. The van der Waals surface area contributed by atoms with Crippen molar-refractivity contribution in [1.29, 1.82) is 0 Å². The van der Waals surface area contributed by atoms with Crippen LogP contribution in [0.1, 0.15) is 54.2 Å². The van der Waals surface area contributed by atoms with Crippen molar-refractivity contribution in [2.45, 2.75) is 44.1 Å². The first-order valence-corrected chi connectivity index (χ1v) is 7.90. The molecule has 0 spiro atoms. The largest absolute Gasteiger partial charge is 0.497 e. The molecule has 0 bridgehead atoms. The molecule has 1 heterocycles. The predicted molar refractivity (Wildman–Crippen MR) is 84.3 cm³/mol. The van der Waals surface area contributed by atoms with E-state index in [-0.39, 0.29) is 5.78 Å². The standard InChI is InChI=1S/C17H21N3O3/c1-22-13-6-4-12(5-7-13)14(21)8-9-15-19-16(20-23-15)17(18)10-2-3-11-17/h4-7H,2-3,8-11,18H2,1H3. The van der Waals surface area contributed by atoms with Crippen molar-refractivity contribution in [3.05, 3.63) is 41.5 Å². The van der Waals surface area contributed by atoms with E-state index < -0.39 is 5.54 Å². The Labute approximate surface area is 135 Å². The summed E-state index contributed by atoms with van der Waals surface area (Å²) in [5, 5.41) is 4.00. The van der Waals surface area contributed by atoms with Gasteiger partial charge in [0.2, 0.25) is 5.89 Å². The van der Waals surface area contributed by atoms with Gasteiger partial charge in [0.1, 0.15) is 5.75 Å². The molecule has 23 heavy (non-hydrogen) atoms. The molecule has 1 aliphatic rings. The Hall–Kier alpha value is -2.21. The van der Waals surface area contributed by atoms with Crippen molar-refractivity contribution < 1.29 is 14.1 Å². The summed E-state index contributed by atoms with van der Waals surface area (Å²) in [5.74, 6) is 1.81. The number of hydrogen-bond acceptors (Lipinski definition) is 6. The molecule has 0 saturated heterocycles. The van der Waals surface area contributed by atoms with Gasteiger partial charge in [-0.25, -0.2) is 0 Å². The smallest absolute Gasteiger partial charge is 0.227 e. The van der Waals surface area contributed by atoms with Crippen molar-refractivity contribution in [3.8, 4) is 5.75 Å². The van der Waals surface area contributed by atoms with E-state index in [1.54, 1.807) is 31.4 Å². The highest BCUT2D eigenvalue weighted by Crippen LogP contribution is 2.34.